The van der Waals surface area contributed by atoms with Crippen LogP contribution in [-0.2, 0) is 6.54 Å². The molecule has 1 aromatic rings. The molecule has 1 saturated carbocycles. The van der Waals surface area contributed by atoms with Gasteiger partial charge in [0.1, 0.15) is 5.82 Å². The van der Waals surface area contributed by atoms with E-state index in [0.29, 0.717) is 6.04 Å². The molecule has 0 spiro atoms. The smallest absolute Gasteiger partial charge is 0.129 e. The molecule has 19 heavy (non-hydrogen) atoms. The molecular weight excluding hydrogens is 234 g/mol. The number of aryl methyl sites for hydroxylation is 1. The fraction of sp³-hybridized carbons (Fsp3) is 0.688. The number of aromatic nitrogens is 1. The molecule has 0 radical (unpaired) electrons. The second-order valence-corrected chi connectivity index (χ2v) is 6.11. The van der Waals surface area contributed by atoms with Gasteiger partial charge in [0.15, 0.2) is 0 Å². The van der Waals surface area contributed by atoms with Gasteiger partial charge in [0.2, 0.25) is 0 Å². The summed E-state index contributed by atoms with van der Waals surface area (Å²) in [6, 6.07) is 5.87. The average Bonchev–Trinajstić information content (AvgIpc) is 3.22. The van der Waals surface area contributed by atoms with Crippen LogP contribution in [0.2, 0.25) is 0 Å². The topological polar surface area (TPSA) is 28.2 Å². The van der Waals surface area contributed by atoms with Gasteiger partial charge in [-0.3, -0.25) is 0 Å². The number of nitrogens with one attached hydrogen (secondary N) is 1. The lowest BCUT2D eigenvalue weighted by Crippen LogP contribution is -2.38. The lowest BCUT2D eigenvalue weighted by molar-refractivity contribution is 0.481. The van der Waals surface area contributed by atoms with Crippen molar-refractivity contribution in [2.24, 2.45) is 0 Å². The van der Waals surface area contributed by atoms with Crippen LogP contribution in [0, 0.1) is 6.92 Å². The second kappa shape index (κ2) is 5.49. The molecule has 104 valence electrons. The molecule has 3 nitrogen and oxygen atoms in total. The summed E-state index contributed by atoms with van der Waals surface area (Å²) in [7, 11) is 0. The van der Waals surface area contributed by atoms with Crippen LogP contribution in [0.5, 0.6) is 0 Å². The first-order valence-electron chi connectivity index (χ1n) is 7.70. The highest BCUT2D eigenvalue weighted by Crippen LogP contribution is 2.24. The van der Waals surface area contributed by atoms with Crippen molar-refractivity contribution in [2.45, 2.75) is 64.6 Å². The molecule has 2 heterocycles. The summed E-state index contributed by atoms with van der Waals surface area (Å²) < 4.78 is 0. The summed E-state index contributed by atoms with van der Waals surface area (Å²) in [5.41, 5.74) is 2.53. The molecule has 2 fully saturated rings. The monoisotopic (exact) mass is 259 g/mol. The Bertz CT molecular complexity index is 440. The van der Waals surface area contributed by atoms with Gasteiger partial charge in [-0.2, -0.15) is 0 Å². The normalized spacial score (nSPS) is 23.7. The van der Waals surface area contributed by atoms with Crippen molar-refractivity contribution in [1.29, 1.82) is 0 Å². The summed E-state index contributed by atoms with van der Waals surface area (Å²) >= 11 is 0. The van der Waals surface area contributed by atoms with E-state index in [2.05, 4.69) is 36.2 Å². The molecule has 3 rings (SSSR count). The number of hydrogen-bond acceptors (Lipinski definition) is 3. The second-order valence-electron chi connectivity index (χ2n) is 6.11. The van der Waals surface area contributed by atoms with E-state index in [1.54, 1.807) is 0 Å². The maximum atomic E-state index is 4.83. The van der Waals surface area contributed by atoms with Gasteiger partial charge >= 0.3 is 0 Å². The Morgan fingerprint density at radius 3 is 2.79 bits per heavy atom. The van der Waals surface area contributed by atoms with Crippen LogP contribution in [0.3, 0.4) is 0 Å². The number of rotatable bonds is 4. The van der Waals surface area contributed by atoms with Gasteiger partial charge in [-0.1, -0.05) is 6.07 Å². The molecule has 1 atom stereocenters. The SMILES string of the molecule is Cc1nc(N2CCCCC2C)ccc1CNC1CC1. The minimum Gasteiger partial charge on any atom is -0.354 e. The van der Waals surface area contributed by atoms with Crippen molar-refractivity contribution in [3.05, 3.63) is 23.4 Å². The first-order chi connectivity index (χ1) is 9.24. The number of piperidine rings is 1. The molecule has 1 unspecified atom stereocenters. The van der Waals surface area contributed by atoms with Crippen LogP contribution >= 0.6 is 0 Å². The Morgan fingerprint density at radius 1 is 1.26 bits per heavy atom. The molecule has 1 aromatic heterocycles. The first-order valence-corrected chi connectivity index (χ1v) is 7.70. The number of nitrogens with zero attached hydrogens (tertiary/aromatic N) is 2. The van der Waals surface area contributed by atoms with Crippen molar-refractivity contribution in [1.82, 2.24) is 10.3 Å². The number of hydrogen-bond donors (Lipinski definition) is 1. The van der Waals surface area contributed by atoms with Crippen molar-refractivity contribution in [3.63, 3.8) is 0 Å². The zero-order valence-corrected chi connectivity index (χ0v) is 12.2. The van der Waals surface area contributed by atoms with Gasteiger partial charge in [0, 0.05) is 30.9 Å². The molecule has 0 amide bonds. The van der Waals surface area contributed by atoms with Crippen molar-refractivity contribution in [3.8, 4) is 0 Å². The lowest BCUT2D eigenvalue weighted by Gasteiger charge is -2.34. The van der Waals surface area contributed by atoms with Crippen molar-refractivity contribution < 1.29 is 0 Å². The van der Waals surface area contributed by atoms with Crippen LogP contribution in [-0.4, -0.2) is 23.6 Å². The molecule has 1 aliphatic carbocycles. The summed E-state index contributed by atoms with van der Waals surface area (Å²) in [5, 5.41) is 3.57. The molecular formula is C16H25N3. The van der Waals surface area contributed by atoms with Gasteiger partial charge < -0.3 is 10.2 Å². The maximum absolute atomic E-state index is 4.83. The largest absolute Gasteiger partial charge is 0.354 e. The Kier molecular flexibility index (Phi) is 3.74. The quantitative estimate of drug-likeness (QED) is 0.901. The third kappa shape index (κ3) is 3.08. The highest BCUT2D eigenvalue weighted by Gasteiger charge is 2.22. The van der Waals surface area contributed by atoms with Crippen LogP contribution in [0.15, 0.2) is 12.1 Å². The van der Waals surface area contributed by atoms with Gasteiger partial charge in [-0.25, -0.2) is 4.98 Å². The van der Waals surface area contributed by atoms with E-state index in [9.17, 15) is 0 Å². The van der Waals surface area contributed by atoms with E-state index >= 15 is 0 Å². The average molecular weight is 259 g/mol. The van der Waals surface area contributed by atoms with Crippen LogP contribution in [0.4, 0.5) is 5.82 Å². The van der Waals surface area contributed by atoms with E-state index in [1.165, 1.54) is 49.2 Å². The van der Waals surface area contributed by atoms with E-state index < -0.39 is 0 Å². The maximum Gasteiger partial charge on any atom is 0.129 e. The Hall–Kier alpha value is -1.09. The molecule has 3 heteroatoms. The molecule has 0 aromatic carbocycles. The highest BCUT2D eigenvalue weighted by atomic mass is 15.2. The zero-order chi connectivity index (χ0) is 13.2. The predicted molar refractivity (Wildman–Crippen MR) is 79.5 cm³/mol. The summed E-state index contributed by atoms with van der Waals surface area (Å²) in [4.78, 5) is 7.30. The molecule has 2 aliphatic rings. The molecule has 1 saturated heterocycles. The Labute approximate surface area is 116 Å². The summed E-state index contributed by atoms with van der Waals surface area (Å²) in [5.74, 6) is 1.17. The number of pyridine rings is 1. The van der Waals surface area contributed by atoms with Crippen LogP contribution < -0.4 is 10.2 Å². The summed E-state index contributed by atoms with van der Waals surface area (Å²) in [6.45, 7) is 6.59. The van der Waals surface area contributed by atoms with Crippen LogP contribution in [0.25, 0.3) is 0 Å². The highest BCUT2D eigenvalue weighted by molar-refractivity contribution is 5.43. The van der Waals surface area contributed by atoms with Crippen molar-refractivity contribution >= 4 is 5.82 Å². The fourth-order valence-corrected chi connectivity index (χ4v) is 2.90. The fourth-order valence-electron chi connectivity index (χ4n) is 2.90. The minimum absolute atomic E-state index is 0.635. The van der Waals surface area contributed by atoms with Gasteiger partial charge in [-0.05, 0) is 57.6 Å². The van der Waals surface area contributed by atoms with Gasteiger partial charge in [-0.15, -0.1) is 0 Å². The molecule has 0 bridgehead atoms. The third-order valence-electron chi connectivity index (χ3n) is 4.44. The van der Waals surface area contributed by atoms with Crippen molar-refractivity contribution in [2.75, 3.05) is 11.4 Å². The zero-order valence-electron chi connectivity index (χ0n) is 12.2. The van der Waals surface area contributed by atoms with Crippen LogP contribution in [0.1, 0.15) is 50.3 Å². The van der Waals surface area contributed by atoms with E-state index in [4.69, 9.17) is 4.98 Å². The number of anilines is 1. The Balaban J connectivity index is 1.70. The summed E-state index contributed by atoms with van der Waals surface area (Å²) in [6.07, 6.45) is 6.65. The lowest BCUT2D eigenvalue weighted by atomic mass is 10.0. The van der Waals surface area contributed by atoms with E-state index in [-0.39, 0.29) is 0 Å². The van der Waals surface area contributed by atoms with E-state index in [1.807, 2.05) is 0 Å². The predicted octanol–water partition coefficient (Wildman–Crippen LogP) is 3.02. The standard InChI is InChI=1S/C16H25N3/c1-12-5-3-4-10-19(12)16-9-6-14(13(2)18-16)11-17-15-7-8-15/h6,9,12,15,17H,3-5,7-8,10-11H2,1-2H3. The minimum atomic E-state index is 0.635. The first kappa shape index (κ1) is 12.9. The third-order valence-corrected chi connectivity index (χ3v) is 4.44. The van der Waals surface area contributed by atoms with E-state index in [0.717, 1.165) is 19.1 Å². The van der Waals surface area contributed by atoms with Gasteiger partial charge in [0.05, 0.1) is 0 Å². The Morgan fingerprint density at radius 2 is 2.11 bits per heavy atom. The molecule has 1 N–H and O–H groups in total. The van der Waals surface area contributed by atoms with Gasteiger partial charge in [0.25, 0.3) is 0 Å². The molecule has 1 aliphatic heterocycles.